The molecule has 366 valence electrons. The van der Waals surface area contributed by atoms with E-state index in [-0.39, 0.29) is 31.1 Å². The predicted molar refractivity (Wildman–Crippen MR) is 270 cm³/mol. The van der Waals surface area contributed by atoms with Crippen molar-refractivity contribution >= 4 is 17.9 Å². The highest BCUT2D eigenvalue weighted by Gasteiger charge is 2.19. The Balaban J connectivity index is 4.34. The first-order chi connectivity index (χ1) is 31.0. The molecule has 6 nitrogen and oxygen atoms in total. The van der Waals surface area contributed by atoms with Crippen LogP contribution in [0.2, 0.25) is 0 Å². The van der Waals surface area contributed by atoms with E-state index in [2.05, 4.69) is 69.4 Å². The van der Waals surface area contributed by atoms with Crippen molar-refractivity contribution in [3.05, 3.63) is 48.6 Å². The summed E-state index contributed by atoms with van der Waals surface area (Å²) >= 11 is 0. The lowest BCUT2D eigenvalue weighted by Crippen LogP contribution is -2.30. The Bertz CT molecular complexity index is 1110. The lowest BCUT2D eigenvalue weighted by atomic mass is 10.1. The number of carbonyl (C=O) groups excluding carboxylic acids is 3. The van der Waals surface area contributed by atoms with Crippen LogP contribution in [0.5, 0.6) is 0 Å². The minimum absolute atomic E-state index is 0.0815. The van der Waals surface area contributed by atoms with Gasteiger partial charge in [0.05, 0.1) is 0 Å². The highest BCUT2D eigenvalue weighted by Crippen LogP contribution is 2.15. The van der Waals surface area contributed by atoms with Crippen LogP contribution in [0.15, 0.2) is 48.6 Å². The molecule has 6 heteroatoms. The number of hydrogen-bond acceptors (Lipinski definition) is 6. The van der Waals surface area contributed by atoms with Crippen molar-refractivity contribution < 1.29 is 28.6 Å². The van der Waals surface area contributed by atoms with E-state index in [1.165, 1.54) is 148 Å². The number of rotatable bonds is 49. The summed E-state index contributed by atoms with van der Waals surface area (Å²) in [6.45, 7) is 6.57. The first-order valence-electron chi connectivity index (χ1n) is 27.1. The van der Waals surface area contributed by atoms with Crippen molar-refractivity contribution in [2.75, 3.05) is 13.2 Å². The molecule has 0 aromatic rings. The van der Waals surface area contributed by atoms with Gasteiger partial charge in [0.1, 0.15) is 13.2 Å². The van der Waals surface area contributed by atoms with Gasteiger partial charge in [0.25, 0.3) is 0 Å². The first-order valence-corrected chi connectivity index (χ1v) is 27.1. The third-order valence-corrected chi connectivity index (χ3v) is 11.8. The number of ether oxygens (including phenoxy) is 3. The summed E-state index contributed by atoms with van der Waals surface area (Å²) in [4.78, 5) is 38.0. The zero-order valence-electron chi connectivity index (χ0n) is 41.8. The van der Waals surface area contributed by atoms with E-state index in [0.29, 0.717) is 19.3 Å². The number of hydrogen-bond donors (Lipinski definition) is 0. The van der Waals surface area contributed by atoms with Crippen LogP contribution < -0.4 is 0 Å². The van der Waals surface area contributed by atoms with Crippen molar-refractivity contribution in [3.63, 3.8) is 0 Å². The van der Waals surface area contributed by atoms with E-state index in [0.717, 1.165) is 89.9 Å². The molecule has 0 spiro atoms. The molecule has 0 aliphatic rings. The van der Waals surface area contributed by atoms with Crippen LogP contribution in [0, 0.1) is 0 Å². The van der Waals surface area contributed by atoms with Crippen LogP contribution >= 0.6 is 0 Å². The van der Waals surface area contributed by atoms with Crippen LogP contribution in [0.25, 0.3) is 0 Å². The summed E-state index contributed by atoms with van der Waals surface area (Å²) in [6.07, 6.45) is 62.4. The standard InChI is InChI=1S/C57H102O6/c1-4-7-10-13-16-19-22-24-26-27-28-29-31-32-35-38-41-44-47-50-56(59)62-53-54(52-61-55(58)49-46-43-40-37-34-21-18-15-12-9-6-3)63-57(60)51-48-45-42-39-36-33-30-25-23-20-17-14-11-8-5-2/h15,17-18,20,24-26,30,54H,4-14,16,19,21-23,27-29,31-53H2,1-3H3/b18-15-,20-17-,26-24-,30-25-. The third-order valence-electron chi connectivity index (χ3n) is 11.8. The summed E-state index contributed by atoms with van der Waals surface area (Å²) < 4.78 is 16.8. The summed E-state index contributed by atoms with van der Waals surface area (Å²) in [5.41, 5.74) is 0. The normalized spacial score (nSPS) is 12.4. The molecule has 1 atom stereocenters. The average molecular weight is 883 g/mol. The molecule has 0 amide bonds. The van der Waals surface area contributed by atoms with E-state index < -0.39 is 6.10 Å². The van der Waals surface area contributed by atoms with Gasteiger partial charge in [0.15, 0.2) is 6.10 Å². The maximum Gasteiger partial charge on any atom is 0.306 e. The average Bonchev–Trinajstić information content (AvgIpc) is 3.28. The summed E-state index contributed by atoms with van der Waals surface area (Å²) in [5.74, 6) is -0.900. The SMILES string of the molecule is CCCC/C=C\CCCCCCCC(=O)OCC(COC(=O)CCCCCCCCCCC/C=C\CCCCCCCC)OC(=O)CCCCCCC/C=C\C/C=C\CCCCC. The van der Waals surface area contributed by atoms with E-state index in [1.807, 2.05) is 0 Å². The molecule has 0 saturated heterocycles. The third kappa shape index (κ3) is 50.2. The second-order valence-corrected chi connectivity index (χ2v) is 18.1. The maximum atomic E-state index is 12.8. The Hall–Kier alpha value is -2.63. The number of unbranched alkanes of at least 4 members (excludes halogenated alkanes) is 30. The fourth-order valence-electron chi connectivity index (χ4n) is 7.62. The van der Waals surface area contributed by atoms with E-state index in [4.69, 9.17) is 14.2 Å². The van der Waals surface area contributed by atoms with Gasteiger partial charge in [-0.2, -0.15) is 0 Å². The number of esters is 3. The molecule has 0 aliphatic heterocycles. The molecule has 0 aromatic carbocycles. The fourth-order valence-corrected chi connectivity index (χ4v) is 7.62. The molecule has 0 fully saturated rings. The number of allylic oxidation sites excluding steroid dienone is 8. The van der Waals surface area contributed by atoms with Crippen LogP contribution in [-0.4, -0.2) is 37.2 Å². The minimum Gasteiger partial charge on any atom is -0.462 e. The van der Waals surface area contributed by atoms with Gasteiger partial charge in [-0.1, -0.05) is 211 Å². The molecule has 0 aromatic heterocycles. The second-order valence-electron chi connectivity index (χ2n) is 18.1. The highest BCUT2D eigenvalue weighted by atomic mass is 16.6. The molecular formula is C57H102O6. The van der Waals surface area contributed by atoms with Crippen LogP contribution in [0.1, 0.15) is 278 Å². The highest BCUT2D eigenvalue weighted by molar-refractivity contribution is 5.71. The maximum absolute atomic E-state index is 12.8. The zero-order chi connectivity index (χ0) is 45.8. The second kappa shape index (κ2) is 52.0. The molecule has 0 radical (unpaired) electrons. The van der Waals surface area contributed by atoms with Gasteiger partial charge in [-0.25, -0.2) is 0 Å². The van der Waals surface area contributed by atoms with Crippen LogP contribution in [0.4, 0.5) is 0 Å². The number of carbonyl (C=O) groups is 3. The van der Waals surface area contributed by atoms with Crippen molar-refractivity contribution in [1.82, 2.24) is 0 Å². The molecule has 0 rings (SSSR count). The quantitative estimate of drug-likeness (QED) is 0.0262. The van der Waals surface area contributed by atoms with Crippen LogP contribution in [-0.2, 0) is 28.6 Å². The molecular weight excluding hydrogens is 781 g/mol. The zero-order valence-corrected chi connectivity index (χ0v) is 41.8. The fraction of sp³-hybridized carbons (Fsp3) is 0.807. The molecule has 63 heavy (non-hydrogen) atoms. The van der Waals surface area contributed by atoms with Crippen molar-refractivity contribution in [3.8, 4) is 0 Å². The summed E-state index contributed by atoms with van der Waals surface area (Å²) in [7, 11) is 0. The van der Waals surface area contributed by atoms with Gasteiger partial charge in [0, 0.05) is 19.3 Å². The van der Waals surface area contributed by atoms with Gasteiger partial charge in [-0.3, -0.25) is 14.4 Å². The summed E-state index contributed by atoms with van der Waals surface area (Å²) in [5, 5.41) is 0. The Morgan fingerprint density at radius 2 is 0.587 bits per heavy atom. The molecule has 0 bridgehead atoms. The van der Waals surface area contributed by atoms with Gasteiger partial charge in [0.2, 0.25) is 0 Å². The van der Waals surface area contributed by atoms with Gasteiger partial charge < -0.3 is 14.2 Å². The van der Waals surface area contributed by atoms with Gasteiger partial charge in [-0.15, -0.1) is 0 Å². The lowest BCUT2D eigenvalue weighted by molar-refractivity contribution is -0.167. The van der Waals surface area contributed by atoms with Gasteiger partial charge in [-0.05, 0) is 96.3 Å². The Kier molecular flexibility index (Phi) is 49.8. The minimum atomic E-state index is -0.783. The molecule has 0 heterocycles. The Morgan fingerprint density at radius 1 is 0.317 bits per heavy atom. The lowest BCUT2D eigenvalue weighted by Gasteiger charge is -2.18. The van der Waals surface area contributed by atoms with Crippen molar-refractivity contribution in [2.45, 2.75) is 284 Å². The molecule has 1 unspecified atom stereocenters. The summed E-state index contributed by atoms with van der Waals surface area (Å²) in [6, 6.07) is 0. The first kappa shape index (κ1) is 60.4. The Labute approximate surface area is 390 Å². The van der Waals surface area contributed by atoms with Crippen LogP contribution in [0.3, 0.4) is 0 Å². The molecule has 0 aliphatic carbocycles. The van der Waals surface area contributed by atoms with E-state index in [1.54, 1.807) is 0 Å². The molecule has 0 saturated carbocycles. The topological polar surface area (TPSA) is 78.9 Å². The Morgan fingerprint density at radius 3 is 0.968 bits per heavy atom. The van der Waals surface area contributed by atoms with Crippen molar-refractivity contribution in [2.24, 2.45) is 0 Å². The predicted octanol–water partition coefficient (Wildman–Crippen LogP) is 17.9. The van der Waals surface area contributed by atoms with Gasteiger partial charge >= 0.3 is 17.9 Å². The van der Waals surface area contributed by atoms with E-state index >= 15 is 0 Å². The smallest absolute Gasteiger partial charge is 0.306 e. The van der Waals surface area contributed by atoms with E-state index in [9.17, 15) is 14.4 Å². The monoisotopic (exact) mass is 883 g/mol. The van der Waals surface area contributed by atoms with Crippen molar-refractivity contribution in [1.29, 1.82) is 0 Å². The molecule has 0 N–H and O–H groups in total. The largest absolute Gasteiger partial charge is 0.462 e.